The number of rotatable bonds is 5. The third-order valence-electron chi connectivity index (χ3n) is 3.26. The number of carbonyl (C=O) groups excluding carboxylic acids is 1. The van der Waals surface area contributed by atoms with Gasteiger partial charge in [-0.25, -0.2) is 4.39 Å². The lowest BCUT2D eigenvalue weighted by atomic mass is 10.2. The van der Waals surface area contributed by atoms with E-state index < -0.39 is 5.82 Å². The van der Waals surface area contributed by atoms with E-state index in [4.69, 9.17) is 11.6 Å². The summed E-state index contributed by atoms with van der Waals surface area (Å²) in [6.45, 7) is 0. The summed E-state index contributed by atoms with van der Waals surface area (Å²) in [6, 6.07) is 15.7. The van der Waals surface area contributed by atoms with Crippen LogP contribution in [0.3, 0.4) is 0 Å². The van der Waals surface area contributed by atoms with Crippen molar-refractivity contribution in [2.75, 3.05) is 5.32 Å². The number of nitrogens with one attached hydrogen (secondary N) is 1. The first-order valence-corrected chi connectivity index (χ1v) is 9.38. The maximum absolute atomic E-state index is 13.5. The fourth-order valence-electron chi connectivity index (χ4n) is 2.10. The predicted molar refractivity (Wildman–Crippen MR) is 99.7 cm³/mol. The standard InChI is InChI=1S/C18H13ClFNOS2/c19-15-8-7-12(10-16(15)20)21-18(22)14-5-1-2-6-17(14)24-11-13-4-3-9-23-13/h1-10H,11H2,(H,21,22). The molecular weight excluding hydrogens is 365 g/mol. The molecule has 0 atom stereocenters. The lowest BCUT2D eigenvalue weighted by Crippen LogP contribution is -2.13. The number of anilines is 1. The smallest absolute Gasteiger partial charge is 0.256 e. The number of benzene rings is 2. The number of amides is 1. The third kappa shape index (κ3) is 4.17. The van der Waals surface area contributed by atoms with Crippen molar-refractivity contribution in [1.29, 1.82) is 0 Å². The summed E-state index contributed by atoms with van der Waals surface area (Å²) in [4.78, 5) is 14.6. The van der Waals surface area contributed by atoms with Crippen molar-refractivity contribution in [3.63, 3.8) is 0 Å². The molecule has 2 aromatic carbocycles. The Morgan fingerprint density at radius 1 is 1.17 bits per heavy atom. The van der Waals surface area contributed by atoms with Crippen LogP contribution >= 0.6 is 34.7 Å². The summed E-state index contributed by atoms with van der Waals surface area (Å²) in [5.41, 5.74) is 0.939. The summed E-state index contributed by atoms with van der Waals surface area (Å²) < 4.78 is 13.5. The van der Waals surface area contributed by atoms with Gasteiger partial charge in [0.25, 0.3) is 5.91 Å². The number of halogens is 2. The lowest BCUT2D eigenvalue weighted by molar-refractivity contribution is 0.102. The zero-order valence-corrected chi connectivity index (χ0v) is 14.9. The average molecular weight is 378 g/mol. The van der Waals surface area contributed by atoms with Crippen molar-refractivity contribution < 1.29 is 9.18 Å². The molecule has 1 aromatic heterocycles. The highest BCUT2D eigenvalue weighted by Crippen LogP contribution is 2.28. The first-order chi connectivity index (χ1) is 11.6. The van der Waals surface area contributed by atoms with Gasteiger partial charge in [0.1, 0.15) is 5.82 Å². The SMILES string of the molecule is O=C(Nc1ccc(Cl)c(F)c1)c1ccccc1SCc1cccs1. The Balaban J connectivity index is 1.75. The molecule has 122 valence electrons. The van der Waals surface area contributed by atoms with Crippen molar-refractivity contribution in [3.8, 4) is 0 Å². The van der Waals surface area contributed by atoms with Crippen molar-refractivity contribution in [2.45, 2.75) is 10.6 Å². The maximum Gasteiger partial charge on any atom is 0.256 e. The lowest BCUT2D eigenvalue weighted by Gasteiger charge is -2.10. The van der Waals surface area contributed by atoms with E-state index in [1.165, 1.54) is 17.0 Å². The molecule has 24 heavy (non-hydrogen) atoms. The van der Waals surface area contributed by atoms with E-state index in [0.29, 0.717) is 11.3 Å². The molecule has 0 spiro atoms. The fourth-order valence-corrected chi connectivity index (χ4v) is 4.04. The molecule has 0 bridgehead atoms. The van der Waals surface area contributed by atoms with Gasteiger partial charge in [0, 0.05) is 21.2 Å². The van der Waals surface area contributed by atoms with Crippen LogP contribution in [0, 0.1) is 5.82 Å². The zero-order valence-electron chi connectivity index (χ0n) is 12.5. The molecule has 0 aliphatic rings. The van der Waals surface area contributed by atoms with Gasteiger partial charge in [-0.1, -0.05) is 29.8 Å². The van der Waals surface area contributed by atoms with Crippen LogP contribution in [0.2, 0.25) is 5.02 Å². The second-order valence-corrected chi connectivity index (χ2v) is 7.40. The van der Waals surface area contributed by atoms with Crippen molar-refractivity contribution in [1.82, 2.24) is 0 Å². The minimum absolute atomic E-state index is 0.0277. The maximum atomic E-state index is 13.5. The van der Waals surface area contributed by atoms with Crippen molar-refractivity contribution in [2.24, 2.45) is 0 Å². The van der Waals surface area contributed by atoms with E-state index >= 15 is 0 Å². The Bertz CT molecular complexity index is 852. The largest absolute Gasteiger partial charge is 0.322 e. The van der Waals surface area contributed by atoms with Gasteiger partial charge >= 0.3 is 0 Å². The average Bonchev–Trinajstić information content (AvgIpc) is 3.10. The van der Waals surface area contributed by atoms with Crippen LogP contribution < -0.4 is 5.32 Å². The molecule has 0 radical (unpaired) electrons. The Morgan fingerprint density at radius 3 is 2.75 bits per heavy atom. The minimum Gasteiger partial charge on any atom is -0.322 e. The number of thiophene rings is 1. The molecule has 1 heterocycles. The van der Waals surface area contributed by atoms with Gasteiger partial charge in [-0.05, 0) is 41.8 Å². The molecule has 2 nitrogen and oxygen atoms in total. The number of hydrogen-bond acceptors (Lipinski definition) is 3. The number of hydrogen-bond donors (Lipinski definition) is 1. The highest BCUT2D eigenvalue weighted by atomic mass is 35.5. The number of carbonyl (C=O) groups is 1. The second kappa shape index (κ2) is 7.83. The highest BCUT2D eigenvalue weighted by molar-refractivity contribution is 7.98. The van der Waals surface area contributed by atoms with E-state index in [0.717, 1.165) is 10.6 Å². The Morgan fingerprint density at radius 2 is 2.00 bits per heavy atom. The van der Waals surface area contributed by atoms with Gasteiger partial charge in [0.2, 0.25) is 0 Å². The zero-order chi connectivity index (χ0) is 16.9. The molecule has 3 rings (SSSR count). The number of thioether (sulfide) groups is 1. The Kier molecular flexibility index (Phi) is 5.56. The van der Waals surface area contributed by atoms with E-state index in [1.54, 1.807) is 35.2 Å². The minimum atomic E-state index is -0.560. The quantitative estimate of drug-likeness (QED) is 0.545. The fraction of sp³-hybridized carbons (Fsp3) is 0.0556. The van der Waals surface area contributed by atoms with Gasteiger partial charge in [-0.2, -0.15) is 0 Å². The third-order valence-corrected chi connectivity index (χ3v) is 5.75. The van der Waals surface area contributed by atoms with Crippen molar-refractivity contribution >= 4 is 46.3 Å². The summed E-state index contributed by atoms with van der Waals surface area (Å²) in [7, 11) is 0. The summed E-state index contributed by atoms with van der Waals surface area (Å²) in [5, 5.41) is 4.77. The van der Waals surface area contributed by atoms with Crippen LogP contribution in [-0.4, -0.2) is 5.91 Å². The van der Waals surface area contributed by atoms with E-state index in [2.05, 4.69) is 11.4 Å². The van der Waals surface area contributed by atoms with Gasteiger partial charge in [0.05, 0.1) is 10.6 Å². The highest BCUT2D eigenvalue weighted by Gasteiger charge is 2.13. The van der Waals surface area contributed by atoms with Crippen LogP contribution in [-0.2, 0) is 5.75 Å². The molecular formula is C18H13ClFNOS2. The monoisotopic (exact) mass is 377 g/mol. The van der Waals surface area contributed by atoms with E-state index in [-0.39, 0.29) is 10.9 Å². The van der Waals surface area contributed by atoms with E-state index in [9.17, 15) is 9.18 Å². The molecule has 0 saturated heterocycles. The second-order valence-electron chi connectivity index (χ2n) is 4.95. The molecule has 0 unspecified atom stereocenters. The van der Waals surface area contributed by atoms with E-state index in [1.807, 2.05) is 29.6 Å². The van der Waals surface area contributed by atoms with Gasteiger partial charge in [-0.15, -0.1) is 23.1 Å². The molecule has 0 aliphatic heterocycles. The van der Waals surface area contributed by atoms with Gasteiger partial charge in [0.15, 0.2) is 0 Å². The first-order valence-electron chi connectivity index (χ1n) is 7.14. The molecule has 0 aliphatic carbocycles. The summed E-state index contributed by atoms with van der Waals surface area (Å²) in [6.07, 6.45) is 0. The predicted octanol–water partition coefficient (Wildman–Crippen LogP) is 6.09. The first kappa shape index (κ1) is 17.0. The Labute approximate surface area is 152 Å². The van der Waals surface area contributed by atoms with Crippen molar-refractivity contribution in [3.05, 3.63) is 81.3 Å². The summed E-state index contributed by atoms with van der Waals surface area (Å²) >= 11 is 8.95. The van der Waals surface area contributed by atoms with Crippen LogP contribution in [0.15, 0.2) is 64.9 Å². The van der Waals surface area contributed by atoms with Gasteiger partial charge in [-0.3, -0.25) is 4.79 Å². The van der Waals surface area contributed by atoms with Crippen LogP contribution in [0.5, 0.6) is 0 Å². The molecule has 0 saturated carbocycles. The van der Waals surface area contributed by atoms with Crippen LogP contribution in [0.1, 0.15) is 15.2 Å². The van der Waals surface area contributed by atoms with Crippen LogP contribution in [0.25, 0.3) is 0 Å². The normalized spacial score (nSPS) is 10.6. The molecule has 1 N–H and O–H groups in total. The molecule has 0 fully saturated rings. The molecule has 1 amide bonds. The molecule has 6 heteroatoms. The Hall–Kier alpha value is -1.82. The van der Waals surface area contributed by atoms with Gasteiger partial charge < -0.3 is 5.32 Å². The van der Waals surface area contributed by atoms with Crippen LogP contribution in [0.4, 0.5) is 10.1 Å². The summed E-state index contributed by atoms with van der Waals surface area (Å²) in [5.74, 6) is -0.0295. The molecule has 3 aromatic rings. The topological polar surface area (TPSA) is 29.1 Å².